The maximum atomic E-state index is 11.1. The van der Waals surface area contributed by atoms with Crippen LogP contribution >= 0.6 is 11.6 Å². The molecule has 1 atom stereocenters. The molecule has 0 aliphatic carbocycles. The van der Waals surface area contributed by atoms with E-state index in [-0.39, 0.29) is 6.42 Å². The quantitative estimate of drug-likeness (QED) is 0.882. The maximum Gasteiger partial charge on any atom is 0.333 e. The maximum absolute atomic E-state index is 11.1. The molecule has 0 saturated heterocycles. The zero-order valence-corrected chi connectivity index (χ0v) is 12.2. The molecule has 4 nitrogen and oxygen atoms in total. The molecule has 2 aromatic carbocycles. The Morgan fingerprint density at radius 3 is 2.57 bits per heavy atom. The van der Waals surface area contributed by atoms with Crippen molar-refractivity contribution in [2.24, 2.45) is 0 Å². The number of ether oxygens (including phenoxy) is 2. The predicted octanol–water partition coefficient (Wildman–Crippen LogP) is 3.77. The second-order valence-corrected chi connectivity index (χ2v) is 4.87. The zero-order valence-electron chi connectivity index (χ0n) is 11.5. The number of aliphatic carboxylic acids is 1. The second-order valence-electron chi connectivity index (χ2n) is 4.43. The van der Waals surface area contributed by atoms with Gasteiger partial charge in [0.05, 0.1) is 0 Å². The van der Waals surface area contributed by atoms with Crippen LogP contribution in [0.1, 0.15) is 5.56 Å². The number of benzene rings is 2. The molecule has 2 aromatic rings. The third-order valence-corrected chi connectivity index (χ3v) is 3.19. The molecular weight excluding hydrogens is 292 g/mol. The first-order valence-corrected chi connectivity index (χ1v) is 6.75. The van der Waals surface area contributed by atoms with Crippen LogP contribution in [-0.2, 0) is 16.0 Å². The van der Waals surface area contributed by atoms with Gasteiger partial charge in [0.1, 0.15) is 11.5 Å². The highest BCUT2D eigenvalue weighted by molar-refractivity contribution is 6.30. The highest BCUT2D eigenvalue weighted by Gasteiger charge is 2.19. The van der Waals surface area contributed by atoms with Crippen LogP contribution in [0.5, 0.6) is 11.5 Å². The topological polar surface area (TPSA) is 55.8 Å². The fourth-order valence-corrected chi connectivity index (χ4v) is 2.09. The lowest BCUT2D eigenvalue weighted by Crippen LogP contribution is -2.25. The van der Waals surface area contributed by atoms with Gasteiger partial charge in [-0.05, 0) is 35.9 Å². The minimum Gasteiger partial charge on any atom is -0.479 e. The van der Waals surface area contributed by atoms with E-state index in [4.69, 9.17) is 26.2 Å². The Hall–Kier alpha value is -2.04. The minimum absolute atomic E-state index is 0.175. The molecule has 1 unspecified atom stereocenters. The van der Waals surface area contributed by atoms with Gasteiger partial charge >= 0.3 is 5.97 Å². The normalized spacial score (nSPS) is 11.9. The minimum atomic E-state index is -1.02. The van der Waals surface area contributed by atoms with Crippen molar-refractivity contribution in [3.63, 3.8) is 0 Å². The van der Waals surface area contributed by atoms with Crippen molar-refractivity contribution >= 4 is 17.6 Å². The Bertz CT molecular complexity index is 613. The van der Waals surface area contributed by atoms with E-state index < -0.39 is 12.1 Å². The number of methoxy groups -OCH3 is 1. The average Bonchev–Trinajstić information content (AvgIpc) is 2.48. The Balaban J connectivity index is 2.27. The van der Waals surface area contributed by atoms with Crippen molar-refractivity contribution in [1.82, 2.24) is 0 Å². The lowest BCUT2D eigenvalue weighted by molar-refractivity contribution is -0.148. The molecule has 0 radical (unpaired) electrons. The summed E-state index contributed by atoms with van der Waals surface area (Å²) < 4.78 is 10.7. The SMILES string of the molecule is COC(Cc1cc(Cl)ccc1Oc1ccccc1)C(=O)O. The lowest BCUT2D eigenvalue weighted by atomic mass is 10.1. The van der Waals surface area contributed by atoms with E-state index in [0.717, 1.165) is 0 Å². The number of carboxylic acid groups (broad SMARTS) is 1. The highest BCUT2D eigenvalue weighted by Crippen LogP contribution is 2.29. The van der Waals surface area contributed by atoms with Gasteiger partial charge in [-0.3, -0.25) is 0 Å². The number of hydrogen-bond donors (Lipinski definition) is 1. The number of carboxylic acids is 1. The summed E-state index contributed by atoms with van der Waals surface area (Å²) in [6.07, 6.45) is -0.768. The van der Waals surface area contributed by atoms with Gasteiger partial charge in [-0.1, -0.05) is 29.8 Å². The second kappa shape index (κ2) is 7.11. The van der Waals surface area contributed by atoms with E-state index in [2.05, 4.69) is 0 Å². The Morgan fingerprint density at radius 2 is 1.95 bits per heavy atom. The molecule has 110 valence electrons. The van der Waals surface area contributed by atoms with Crippen LogP contribution in [0, 0.1) is 0 Å². The molecule has 21 heavy (non-hydrogen) atoms. The fraction of sp³-hybridized carbons (Fsp3) is 0.188. The molecule has 0 aliphatic rings. The van der Waals surface area contributed by atoms with Crippen LogP contribution < -0.4 is 4.74 Å². The zero-order chi connectivity index (χ0) is 15.2. The Morgan fingerprint density at radius 1 is 1.24 bits per heavy atom. The van der Waals surface area contributed by atoms with Gasteiger partial charge in [0, 0.05) is 18.6 Å². The van der Waals surface area contributed by atoms with Gasteiger partial charge < -0.3 is 14.6 Å². The fourth-order valence-electron chi connectivity index (χ4n) is 1.89. The molecule has 0 fully saturated rings. The van der Waals surface area contributed by atoms with Crippen molar-refractivity contribution in [2.45, 2.75) is 12.5 Å². The van der Waals surface area contributed by atoms with Crippen molar-refractivity contribution in [3.8, 4) is 11.5 Å². The molecule has 0 amide bonds. The number of para-hydroxylation sites is 1. The highest BCUT2D eigenvalue weighted by atomic mass is 35.5. The third-order valence-electron chi connectivity index (χ3n) is 2.96. The van der Waals surface area contributed by atoms with Crippen molar-refractivity contribution < 1.29 is 19.4 Å². The first-order valence-electron chi connectivity index (χ1n) is 6.37. The average molecular weight is 307 g/mol. The molecule has 0 saturated carbocycles. The van der Waals surface area contributed by atoms with Gasteiger partial charge in [-0.25, -0.2) is 4.79 Å². The molecule has 0 bridgehead atoms. The van der Waals surface area contributed by atoms with Crippen molar-refractivity contribution in [1.29, 1.82) is 0 Å². The van der Waals surface area contributed by atoms with Crippen LogP contribution in [-0.4, -0.2) is 24.3 Å². The number of carbonyl (C=O) groups is 1. The van der Waals surface area contributed by atoms with E-state index in [1.54, 1.807) is 18.2 Å². The van der Waals surface area contributed by atoms with Crippen LogP contribution in [0.2, 0.25) is 5.02 Å². The number of halogens is 1. The van der Waals surface area contributed by atoms with E-state index >= 15 is 0 Å². The summed E-state index contributed by atoms with van der Waals surface area (Å²) in [5, 5.41) is 9.60. The molecule has 0 aliphatic heterocycles. The largest absolute Gasteiger partial charge is 0.479 e. The monoisotopic (exact) mass is 306 g/mol. The summed E-state index contributed by atoms with van der Waals surface area (Å²) in [6, 6.07) is 14.4. The summed E-state index contributed by atoms with van der Waals surface area (Å²) in [5.74, 6) is 0.211. The molecular formula is C16H15ClO4. The summed E-state index contributed by atoms with van der Waals surface area (Å²) in [6.45, 7) is 0. The van der Waals surface area contributed by atoms with Crippen LogP contribution in [0.25, 0.3) is 0 Å². The Kier molecular flexibility index (Phi) is 5.20. The number of rotatable bonds is 6. The molecule has 5 heteroatoms. The van der Waals surface area contributed by atoms with E-state index in [1.165, 1.54) is 7.11 Å². The molecule has 2 rings (SSSR count). The Labute approximate surface area is 127 Å². The van der Waals surface area contributed by atoms with Crippen LogP contribution in [0.4, 0.5) is 0 Å². The first-order chi connectivity index (χ1) is 10.1. The van der Waals surface area contributed by atoms with Crippen LogP contribution in [0.3, 0.4) is 0 Å². The van der Waals surface area contributed by atoms with E-state index in [9.17, 15) is 4.79 Å². The lowest BCUT2D eigenvalue weighted by Gasteiger charge is -2.15. The van der Waals surface area contributed by atoms with Gasteiger partial charge in [0.25, 0.3) is 0 Å². The predicted molar refractivity (Wildman–Crippen MR) is 80.1 cm³/mol. The summed E-state index contributed by atoms with van der Waals surface area (Å²) in [4.78, 5) is 11.1. The van der Waals surface area contributed by atoms with Gasteiger partial charge in [-0.15, -0.1) is 0 Å². The molecule has 0 heterocycles. The van der Waals surface area contributed by atoms with Gasteiger partial charge in [0.2, 0.25) is 0 Å². The standard InChI is InChI=1S/C16H15ClO4/c1-20-15(16(18)19)10-11-9-12(17)7-8-14(11)21-13-5-3-2-4-6-13/h2-9,15H,10H2,1H3,(H,18,19). The number of hydrogen-bond acceptors (Lipinski definition) is 3. The van der Waals surface area contributed by atoms with Crippen molar-refractivity contribution in [3.05, 3.63) is 59.1 Å². The molecule has 0 spiro atoms. The summed E-state index contributed by atoms with van der Waals surface area (Å²) >= 11 is 5.98. The van der Waals surface area contributed by atoms with Gasteiger partial charge in [-0.2, -0.15) is 0 Å². The molecule has 1 N–H and O–H groups in total. The smallest absolute Gasteiger partial charge is 0.333 e. The first kappa shape index (κ1) is 15.4. The molecule has 0 aromatic heterocycles. The van der Waals surface area contributed by atoms with E-state index in [1.807, 2.05) is 30.3 Å². The van der Waals surface area contributed by atoms with Gasteiger partial charge in [0.15, 0.2) is 6.10 Å². The van der Waals surface area contributed by atoms with Crippen molar-refractivity contribution in [2.75, 3.05) is 7.11 Å². The summed E-state index contributed by atoms with van der Waals surface area (Å²) in [7, 11) is 1.36. The summed E-state index contributed by atoms with van der Waals surface area (Å²) in [5.41, 5.74) is 0.681. The van der Waals surface area contributed by atoms with Crippen LogP contribution in [0.15, 0.2) is 48.5 Å². The third kappa shape index (κ3) is 4.21. The van der Waals surface area contributed by atoms with E-state index in [0.29, 0.717) is 22.1 Å².